The van der Waals surface area contributed by atoms with Crippen LogP contribution in [0.3, 0.4) is 0 Å². The highest BCUT2D eigenvalue weighted by molar-refractivity contribution is 7.92. The van der Waals surface area contributed by atoms with Crippen LogP contribution in [0.15, 0.2) is 77.9 Å². The van der Waals surface area contributed by atoms with Crippen molar-refractivity contribution in [1.82, 2.24) is 5.43 Å². The maximum absolute atomic E-state index is 12.4. The summed E-state index contributed by atoms with van der Waals surface area (Å²) in [5, 5.41) is 4.55. The van der Waals surface area contributed by atoms with E-state index in [1.165, 1.54) is 10.5 Å². The van der Waals surface area contributed by atoms with Gasteiger partial charge < -0.3 is 4.74 Å². The first-order valence-corrected chi connectivity index (χ1v) is 12.4. The molecule has 9 heteroatoms. The summed E-state index contributed by atoms with van der Waals surface area (Å²) in [4.78, 5) is 12.4. The summed E-state index contributed by atoms with van der Waals surface area (Å²) in [7, 11) is -3.54. The number of carbonyl (C=O) groups is 1. The lowest BCUT2D eigenvalue weighted by molar-refractivity contribution is 0.0955. The third-order valence-electron chi connectivity index (χ3n) is 4.63. The minimum absolute atomic E-state index is 0.147. The van der Waals surface area contributed by atoms with E-state index in [2.05, 4.69) is 10.5 Å². The zero-order valence-electron chi connectivity index (χ0n) is 18.2. The Bertz CT molecular complexity index is 1210. The van der Waals surface area contributed by atoms with E-state index in [0.29, 0.717) is 22.9 Å². The number of hydrogen-bond acceptors (Lipinski definition) is 5. The molecule has 0 aliphatic carbocycles. The number of ether oxygens (including phenoxy) is 1. The maximum atomic E-state index is 12.4. The molecule has 0 spiro atoms. The van der Waals surface area contributed by atoms with Gasteiger partial charge in [0.25, 0.3) is 5.91 Å². The first kappa shape index (κ1) is 24.3. The summed E-state index contributed by atoms with van der Waals surface area (Å²) >= 11 is 5.91. The third kappa shape index (κ3) is 7.06. The maximum Gasteiger partial charge on any atom is 0.271 e. The molecule has 172 valence electrons. The van der Waals surface area contributed by atoms with E-state index in [1.807, 2.05) is 31.2 Å². The Balaban J connectivity index is 1.66. The number of hydrogen-bond donors (Lipinski definition) is 1. The predicted octanol–water partition coefficient (Wildman–Crippen LogP) is 4.47. The lowest BCUT2D eigenvalue weighted by atomic mass is 10.2. The second-order valence-corrected chi connectivity index (χ2v) is 9.49. The van der Waals surface area contributed by atoms with Crippen LogP contribution < -0.4 is 14.5 Å². The van der Waals surface area contributed by atoms with Crippen LogP contribution in [0.4, 0.5) is 5.69 Å². The number of carbonyl (C=O) groups excluding carboxylic acids is 1. The second kappa shape index (κ2) is 11.0. The van der Waals surface area contributed by atoms with Crippen molar-refractivity contribution in [2.45, 2.75) is 13.5 Å². The highest BCUT2D eigenvalue weighted by Crippen LogP contribution is 2.22. The first-order chi connectivity index (χ1) is 15.8. The minimum Gasteiger partial charge on any atom is -0.494 e. The van der Waals surface area contributed by atoms with E-state index in [0.717, 1.165) is 23.1 Å². The molecule has 0 saturated heterocycles. The quantitative estimate of drug-likeness (QED) is 0.358. The number of nitrogens with one attached hydrogen (secondary N) is 1. The molecule has 3 rings (SSSR count). The number of hydrazone groups is 1. The smallest absolute Gasteiger partial charge is 0.271 e. The van der Waals surface area contributed by atoms with Gasteiger partial charge in [-0.15, -0.1) is 0 Å². The molecule has 7 nitrogen and oxygen atoms in total. The number of benzene rings is 3. The number of rotatable bonds is 9. The normalized spacial score (nSPS) is 11.4. The van der Waals surface area contributed by atoms with Crippen LogP contribution in [0.1, 0.15) is 28.4 Å². The van der Waals surface area contributed by atoms with E-state index in [1.54, 1.807) is 48.5 Å². The minimum atomic E-state index is -3.54. The van der Waals surface area contributed by atoms with Crippen molar-refractivity contribution in [3.8, 4) is 5.75 Å². The van der Waals surface area contributed by atoms with Crippen molar-refractivity contribution in [1.29, 1.82) is 0 Å². The van der Waals surface area contributed by atoms with E-state index >= 15 is 0 Å². The number of sulfonamides is 1. The topological polar surface area (TPSA) is 88.1 Å². The van der Waals surface area contributed by atoms with Crippen LogP contribution in [0.2, 0.25) is 5.02 Å². The van der Waals surface area contributed by atoms with E-state index in [9.17, 15) is 13.2 Å². The lowest BCUT2D eigenvalue weighted by Crippen LogP contribution is -2.29. The van der Waals surface area contributed by atoms with E-state index in [-0.39, 0.29) is 6.54 Å². The van der Waals surface area contributed by atoms with Crippen molar-refractivity contribution < 1.29 is 17.9 Å². The summed E-state index contributed by atoms with van der Waals surface area (Å²) in [6.45, 7) is 2.65. The third-order valence-corrected chi connectivity index (χ3v) is 6.02. The Morgan fingerprint density at radius 1 is 1.03 bits per heavy atom. The molecule has 3 aromatic carbocycles. The molecule has 1 N–H and O–H groups in total. The second-order valence-electron chi connectivity index (χ2n) is 7.14. The van der Waals surface area contributed by atoms with Crippen molar-refractivity contribution in [2.24, 2.45) is 5.10 Å². The van der Waals surface area contributed by atoms with Gasteiger partial charge in [-0.1, -0.05) is 23.7 Å². The molecule has 0 fully saturated rings. The first-order valence-electron chi connectivity index (χ1n) is 10.1. The average molecular weight is 486 g/mol. The molecule has 3 aromatic rings. The van der Waals surface area contributed by atoms with Gasteiger partial charge in [0.1, 0.15) is 5.75 Å². The van der Waals surface area contributed by atoms with Crippen LogP contribution in [0, 0.1) is 0 Å². The zero-order valence-corrected chi connectivity index (χ0v) is 19.8. The SMILES string of the molecule is CCOc1ccc(/C=N\NC(=O)c2ccc(N(Cc3ccc(Cl)cc3)S(C)(=O)=O)cc2)cc1. The lowest BCUT2D eigenvalue weighted by Gasteiger charge is -2.22. The van der Waals surface area contributed by atoms with Crippen molar-refractivity contribution in [3.63, 3.8) is 0 Å². The van der Waals surface area contributed by atoms with Gasteiger partial charge in [0.2, 0.25) is 10.0 Å². The van der Waals surface area contributed by atoms with Gasteiger partial charge in [-0.25, -0.2) is 13.8 Å². The Morgan fingerprint density at radius 3 is 2.24 bits per heavy atom. The molecule has 0 unspecified atom stereocenters. The molecular weight excluding hydrogens is 462 g/mol. The molecule has 1 amide bonds. The van der Waals surface area contributed by atoms with Crippen molar-refractivity contribution >= 4 is 39.4 Å². The highest BCUT2D eigenvalue weighted by Gasteiger charge is 2.18. The summed E-state index contributed by atoms with van der Waals surface area (Å²) in [5.41, 5.74) is 4.85. The summed E-state index contributed by atoms with van der Waals surface area (Å²) in [6.07, 6.45) is 2.67. The van der Waals surface area contributed by atoms with Gasteiger partial charge in [-0.3, -0.25) is 9.10 Å². The summed E-state index contributed by atoms with van der Waals surface area (Å²) in [5.74, 6) is 0.352. The van der Waals surface area contributed by atoms with Crippen molar-refractivity contribution in [3.05, 3.63) is 94.5 Å². The number of amides is 1. The summed E-state index contributed by atoms with van der Waals surface area (Å²) in [6, 6.07) is 20.5. The van der Waals surface area contributed by atoms with Gasteiger partial charge in [-0.2, -0.15) is 5.10 Å². The molecule has 0 aliphatic heterocycles. The fraction of sp³-hybridized carbons (Fsp3) is 0.167. The highest BCUT2D eigenvalue weighted by atomic mass is 35.5. The van der Waals surface area contributed by atoms with Crippen LogP contribution in [-0.4, -0.2) is 33.4 Å². The number of nitrogens with zero attached hydrogens (tertiary/aromatic N) is 2. The Hall–Kier alpha value is -3.36. The van der Waals surface area contributed by atoms with Gasteiger partial charge in [0, 0.05) is 10.6 Å². The van der Waals surface area contributed by atoms with Crippen molar-refractivity contribution in [2.75, 3.05) is 17.2 Å². The molecule has 0 saturated carbocycles. The van der Waals surface area contributed by atoms with Gasteiger partial charge in [0.15, 0.2) is 0 Å². The van der Waals surface area contributed by atoms with Crippen LogP contribution in [0.5, 0.6) is 5.75 Å². The van der Waals surface area contributed by atoms with Crippen LogP contribution >= 0.6 is 11.6 Å². The molecule has 0 aliphatic rings. The zero-order chi connectivity index (χ0) is 23.8. The molecular formula is C24H24ClN3O4S. The molecule has 0 radical (unpaired) electrons. The molecule has 0 bridgehead atoms. The largest absolute Gasteiger partial charge is 0.494 e. The molecule has 33 heavy (non-hydrogen) atoms. The van der Waals surface area contributed by atoms with Gasteiger partial charge in [-0.05, 0) is 78.7 Å². The molecule has 0 atom stereocenters. The Kier molecular flexibility index (Phi) is 8.08. The van der Waals surface area contributed by atoms with E-state index in [4.69, 9.17) is 16.3 Å². The predicted molar refractivity (Wildman–Crippen MR) is 132 cm³/mol. The Labute approximate surface area is 198 Å². The summed E-state index contributed by atoms with van der Waals surface area (Å²) < 4.78 is 31.4. The average Bonchev–Trinajstić information content (AvgIpc) is 2.79. The van der Waals surface area contributed by atoms with Crippen LogP contribution in [-0.2, 0) is 16.6 Å². The molecule has 0 heterocycles. The van der Waals surface area contributed by atoms with Crippen LogP contribution in [0.25, 0.3) is 0 Å². The fourth-order valence-electron chi connectivity index (χ4n) is 2.98. The Morgan fingerprint density at radius 2 is 1.67 bits per heavy atom. The van der Waals surface area contributed by atoms with E-state index < -0.39 is 15.9 Å². The van der Waals surface area contributed by atoms with Gasteiger partial charge >= 0.3 is 0 Å². The number of halogens is 1. The fourth-order valence-corrected chi connectivity index (χ4v) is 4.00. The van der Waals surface area contributed by atoms with Gasteiger partial charge in [0.05, 0.1) is 31.3 Å². The number of anilines is 1. The molecule has 0 aromatic heterocycles. The monoisotopic (exact) mass is 485 g/mol. The standard InChI is InChI=1S/C24H24ClN3O4S/c1-3-32-23-14-6-18(7-15-23)16-26-27-24(29)20-8-12-22(13-9-20)28(33(2,30)31)17-19-4-10-21(25)11-5-19/h4-16H,3,17H2,1-2H3,(H,27,29)/b26-16-.